The van der Waals surface area contributed by atoms with Crippen LogP contribution >= 0.6 is 0 Å². The van der Waals surface area contributed by atoms with Crippen molar-refractivity contribution in [1.29, 1.82) is 5.26 Å². The van der Waals surface area contributed by atoms with E-state index in [4.69, 9.17) is 10.00 Å². The molecule has 5 nitrogen and oxygen atoms in total. The summed E-state index contributed by atoms with van der Waals surface area (Å²) in [6.07, 6.45) is 0.603. The summed E-state index contributed by atoms with van der Waals surface area (Å²) in [6.45, 7) is 2.52. The van der Waals surface area contributed by atoms with E-state index < -0.39 is 0 Å². The van der Waals surface area contributed by atoms with Gasteiger partial charge >= 0.3 is 0 Å². The first kappa shape index (κ1) is 17.7. The first-order valence-electron chi connectivity index (χ1n) is 9.08. The molecule has 4 rings (SSSR count). The Bertz CT molecular complexity index is 860. The number of nitriles is 1. The van der Waals surface area contributed by atoms with E-state index in [9.17, 15) is 9.18 Å². The molecule has 2 fully saturated rings. The number of hydrogen-bond acceptors (Lipinski definition) is 4. The zero-order valence-corrected chi connectivity index (χ0v) is 14.8. The molecule has 0 aliphatic carbocycles. The van der Waals surface area contributed by atoms with Gasteiger partial charge in [0.25, 0.3) is 0 Å². The molecule has 2 aromatic carbocycles. The van der Waals surface area contributed by atoms with Crippen molar-refractivity contribution >= 4 is 11.6 Å². The maximum Gasteiger partial charge on any atom is 0.244 e. The van der Waals surface area contributed by atoms with E-state index in [-0.39, 0.29) is 23.9 Å². The third kappa shape index (κ3) is 3.57. The fraction of sp³-hybridized carbons (Fsp3) is 0.333. The molecule has 138 valence electrons. The Balaban J connectivity index is 1.46. The second kappa shape index (κ2) is 7.47. The molecule has 1 amide bonds. The monoisotopic (exact) mass is 365 g/mol. The Hall–Kier alpha value is -2.75. The molecule has 0 aromatic heterocycles. The Kier molecular flexibility index (Phi) is 4.88. The summed E-state index contributed by atoms with van der Waals surface area (Å²) >= 11 is 0. The van der Waals surface area contributed by atoms with Gasteiger partial charge in [-0.25, -0.2) is 4.39 Å². The quantitative estimate of drug-likeness (QED) is 0.839. The standard InChI is InChI=1S/C21H20FN3O2/c22-17-5-3-16(4-6-17)20-14-24(11-12-27-20)19-9-10-25(21(19)26)18-7-1-15(13-23)2-8-18/h1-8,19-20H,9-12,14H2/t19-,20-/m0/s1. The summed E-state index contributed by atoms with van der Waals surface area (Å²) in [5, 5.41) is 8.92. The lowest BCUT2D eigenvalue weighted by Gasteiger charge is -2.36. The summed E-state index contributed by atoms with van der Waals surface area (Å²) in [5.74, 6) is -0.185. The van der Waals surface area contributed by atoms with Gasteiger partial charge in [0.15, 0.2) is 0 Å². The molecule has 0 bridgehead atoms. The Morgan fingerprint density at radius 2 is 1.81 bits per heavy atom. The topological polar surface area (TPSA) is 56.6 Å². The Morgan fingerprint density at radius 3 is 2.52 bits per heavy atom. The van der Waals surface area contributed by atoms with E-state index in [1.807, 2.05) is 12.1 Å². The number of rotatable bonds is 3. The number of ether oxygens (including phenoxy) is 1. The smallest absolute Gasteiger partial charge is 0.244 e. The molecule has 27 heavy (non-hydrogen) atoms. The van der Waals surface area contributed by atoms with Crippen molar-refractivity contribution in [3.8, 4) is 6.07 Å². The van der Waals surface area contributed by atoms with Crippen LogP contribution in [0, 0.1) is 17.1 Å². The van der Waals surface area contributed by atoms with Gasteiger partial charge in [-0.05, 0) is 48.4 Å². The van der Waals surface area contributed by atoms with Gasteiger partial charge in [0.05, 0.1) is 30.4 Å². The fourth-order valence-corrected chi connectivity index (χ4v) is 3.81. The number of nitrogens with zero attached hydrogens (tertiary/aromatic N) is 3. The largest absolute Gasteiger partial charge is 0.371 e. The first-order chi connectivity index (χ1) is 13.2. The number of carbonyl (C=O) groups excluding carboxylic acids is 1. The van der Waals surface area contributed by atoms with Crippen molar-refractivity contribution in [3.05, 3.63) is 65.5 Å². The van der Waals surface area contributed by atoms with E-state index in [0.717, 1.165) is 17.7 Å². The van der Waals surface area contributed by atoms with Crippen LogP contribution < -0.4 is 4.90 Å². The van der Waals surface area contributed by atoms with Crippen LogP contribution in [0.5, 0.6) is 0 Å². The van der Waals surface area contributed by atoms with Gasteiger partial charge in [0.1, 0.15) is 5.82 Å². The van der Waals surface area contributed by atoms with Gasteiger partial charge in [-0.15, -0.1) is 0 Å². The minimum absolute atomic E-state index is 0.0828. The molecule has 0 unspecified atom stereocenters. The SMILES string of the molecule is N#Cc1ccc(N2CC[C@H](N3CCO[C@H](c4ccc(F)cc4)C3)C2=O)cc1. The average Bonchev–Trinajstić information content (AvgIpc) is 3.10. The summed E-state index contributed by atoms with van der Waals surface area (Å²) in [4.78, 5) is 16.9. The van der Waals surface area contributed by atoms with E-state index in [0.29, 0.717) is 31.8 Å². The Morgan fingerprint density at radius 1 is 1.07 bits per heavy atom. The lowest BCUT2D eigenvalue weighted by molar-refractivity contribution is -0.125. The van der Waals surface area contributed by atoms with Crippen molar-refractivity contribution in [2.45, 2.75) is 18.6 Å². The third-order valence-electron chi connectivity index (χ3n) is 5.27. The number of halogens is 1. The molecular formula is C21H20FN3O2. The first-order valence-corrected chi connectivity index (χ1v) is 9.08. The van der Waals surface area contributed by atoms with Crippen molar-refractivity contribution in [2.75, 3.05) is 31.1 Å². The zero-order chi connectivity index (χ0) is 18.8. The van der Waals surface area contributed by atoms with Gasteiger partial charge in [-0.2, -0.15) is 5.26 Å². The van der Waals surface area contributed by atoms with Crippen molar-refractivity contribution in [3.63, 3.8) is 0 Å². The van der Waals surface area contributed by atoms with Gasteiger partial charge in [-0.1, -0.05) is 12.1 Å². The van der Waals surface area contributed by atoms with E-state index in [1.54, 1.807) is 29.2 Å². The number of benzene rings is 2. The molecule has 2 aliphatic rings. The number of amides is 1. The molecule has 6 heteroatoms. The van der Waals surface area contributed by atoms with Crippen molar-refractivity contribution < 1.29 is 13.9 Å². The van der Waals surface area contributed by atoms with Gasteiger partial charge in [0.2, 0.25) is 5.91 Å². The number of anilines is 1. The van der Waals surface area contributed by atoms with Crippen LogP contribution in [0.25, 0.3) is 0 Å². The highest BCUT2D eigenvalue weighted by atomic mass is 19.1. The van der Waals surface area contributed by atoms with Crippen molar-refractivity contribution in [2.24, 2.45) is 0 Å². The minimum Gasteiger partial charge on any atom is -0.371 e. The second-order valence-electron chi connectivity index (χ2n) is 6.86. The molecular weight excluding hydrogens is 345 g/mol. The highest BCUT2D eigenvalue weighted by Crippen LogP contribution is 2.29. The van der Waals surface area contributed by atoms with E-state index in [2.05, 4.69) is 11.0 Å². The molecule has 2 saturated heterocycles. The molecule has 2 heterocycles. The predicted octanol–water partition coefficient (Wildman–Crippen LogP) is 2.88. The number of hydrogen-bond donors (Lipinski definition) is 0. The van der Waals surface area contributed by atoms with Crippen LogP contribution in [0.3, 0.4) is 0 Å². The van der Waals surface area contributed by atoms with E-state index >= 15 is 0 Å². The summed E-state index contributed by atoms with van der Waals surface area (Å²) in [7, 11) is 0. The second-order valence-corrected chi connectivity index (χ2v) is 6.86. The highest BCUT2D eigenvalue weighted by Gasteiger charge is 2.38. The zero-order valence-electron chi connectivity index (χ0n) is 14.8. The van der Waals surface area contributed by atoms with Gasteiger partial charge < -0.3 is 9.64 Å². The van der Waals surface area contributed by atoms with Crippen LogP contribution in [-0.4, -0.2) is 43.1 Å². The lowest BCUT2D eigenvalue weighted by atomic mass is 10.1. The van der Waals surface area contributed by atoms with Gasteiger partial charge in [0, 0.05) is 25.3 Å². The van der Waals surface area contributed by atoms with Crippen LogP contribution in [0.4, 0.5) is 10.1 Å². The third-order valence-corrected chi connectivity index (χ3v) is 5.27. The molecule has 2 aromatic rings. The number of morpholine rings is 1. The molecule has 2 aliphatic heterocycles. The van der Waals surface area contributed by atoms with Crippen LogP contribution in [0.15, 0.2) is 48.5 Å². The fourth-order valence-electron chi connectivity index (χ4n) is 3.81. The van der Waals surface area contributed by atoms with E-state index in [1.165, 1.54) is 12.1 Å². The lowest BCUT2D eigenvalue weighted by Crippen LogP contribution is -2.48. The van der Waals surface area contributed by atoms with Gasteiger partial charge in [-0.3, -0.25) is 9.69 Å². The molecule has 2 atom stereocenters. The normalized spacial score (nSPS) is 23.4. The van der Waals surface area contributed by atoms with Crippen LogP contribution in [0.1, 0.15) is 23.7 Å². The predicted molar refractivity (Wildman–Crippen MR) is 98.6 cm³/mol. The summed E-state index contributed by atoms with van der Waals surface area (Å²) in [5.41, 5.74) is 2.33. The Labute approximate surface area is 157 Å². The van der Waals surface area contributed by atoms with Crippen LogP contribution in [-0.2, 0) is 9.53 Å². The molecule has 0 radical (unpaired) electrons. The average molecular weight is 365 g/mol. The maximum atomic E-state index is 13.2. The maximum absolute atomic E-state index is 13.2. The summed E-state index contributed by atoms with van der Waals surface area (Å²) < 4.78 is 19.0. The highest BCUT2D eigenvalue weighted by molar-refractivity contribution is 5.99. The number of carbonyl (C=O) groups is 1. The van der Waals surface area contributed by atoms with Crippen LogP contribution in [0.2, 0.25) is 0 Å². The van der Waals surface area contributed by atoms with Crippen molar-refractivity contribution in [1.82, 2.24) is 4.90 Å². The molecule has 0 spiro atoms. The molecule has 0 saturated carbocycles. The molecule has 0 N–H and O–H groups in total. The minimum atomic E-state index is -0.268. The summed E-state index contributed by atoms with van der Waals surface area (Å²) in [6, 6.07) is 15.4.